The Morgan fingerprint density at radius 2 is 2.31 bits per heavy atom. The summed E-state index contributed by atoms with van der Waals surface area (Å²) in [5.41, 5.74) is 2.58. The Balaban J connectivity index is 2.10. The van der Waals surface area contributed by atoms with Gasteiger partial charge in [-0.2, -0.15) is 5.10 Å². The van der Waals surface area contributed by atoms with E-state index < -0.39 is 0 Å². The minimum absolute atomic E-state index is 0.584. The molecule has 1 saturated heterocycles. The summed E-state index contributed by atoms with van der Waals surface area (Å²) in [5, 5.41) is 8.90. The number of rotatable bonds is 1. The maximum Gasteiger partial charge on any atom is 0.0745 e. The summed E-state index contributed by atoms with van der Waals surface area (Å²) in [7, 11) is 2.00. The van der Waals surface area contributed by atoms with Crippen molar-refractivity contribution in [3.05, 3.63) is 24.2 Å². The molecule has 1 aliphatic rings. The molecule has 2 aromatic heterocycles. The summed E-state index contributed by atoms with van der Waals surface area (Å²) >= 11 is 0. The van der Waals surface area contributed by atoms with Crippen molar-refractivity contribution in [1.29, 1.82) is 0 Å². The van der Waals surface area contributed by atoms with Crippen LogP contribution < -0.4 is 5.32 Å². The smallest absolute Gasteiger partial charge is 0.0745 e. The number of nitrogens with one attached hydrogen (secondary N) is 1. The second-order valence-electron chi connectivity index (χ2n) is 4.48. The molecule has 0 saturated carbocycles. The van der Waals surface area contributed by atoms with E-state index in [2.05, 4.69) is 15.4 Å². The number of fused-ring (bicyclic) bond motifs is 1. The van der Waals surface area contributed by atoms with E-state index in [4.69, 9.17) is 0 Å². The Morgan fingerprint density at radius 1 is 1.38 bits per heavy atom. The molecule has 1 fully saturated rings. The first-order valence-electron chi connectivity index (χ1n) is 5.82. The highest BCUT2D eigenvalue weighted by atomic mass is 15.2. The summed E-state index contributed by atoms with van der Waals surface area (Å²) in [6, 6.07) is 0. The maximum absolute atomic E-state index is 4.32. The minimum atomic E-state index is 0.584. The molecule has 0 amide bonds. The average molecular weight is 216 g/mol. The molecule has 1 N–H and O–H groups in total. The molecule has 4 heteroatoms. The van der Waals surface area contributed by atoms with Crippen molar-refractivity contribution < 1.29 is 0 Å². The van der Waals surface area contributed by atoms with E-state index in [0.29, 0.717) is 5.92 Å². The SMILES string of the molecule is Cn1ncc2cncc(C3CCCNC3)c21. The van der Waals surface area contributed by atoms with Gasteiger partial charge in [0.25, 0.3) is 0 Å². The van der Waals surface area contributed by atoms with Gasteiger partial charge in [0.2, 0.25) is 0 Å². The fourth-order valence-electron chi connectivity index (χ4n) is 2.58. The lowest BCUT2D eigenvalue weighted by atomic mass is 9.92. The van der Waals surface area contributed by atoms with Crippen LogP contribution in [0.25, 0.3) is 10.9 Å². The second kappa shape index (κ2) is 3.87. The van der Waals surface area contributed by atoms with E-state index in [1.165, 1.54) is 23.9 Å². The lowest BCUT2D eigenvalue weighted by Crippen LogP contribution is -2.28. The van der Waals surface area contributed by atoms with Crippen molar-refractivity contribution in [2.45, 2.75) is 18.8 Å². The molecule has 16 heavy (non-hydrogen) atoms. The van der Waals surface area contributed by atoms with E-state index >= 15 is 0 Å². The Bertz CT molecular complexity index is 497. The third kappa shape index (κ3) is 1.50. The zero-order valence-corrected chi connectivity index (χ0v) is 9.48. The van der Waals surface area contributed by atoms with Crippen molar-refractivity contribution in [1.82, 2.24) is 20.1 Å². The molecular formula is C12H16N4. The molecular weight excluding hydrogens is 200 g/mol. The minimum Gasteiger partial charge on any atom is -0.316 e. The van der Waals surface area contributed by atoms with E-state index in [1.54, 1.807) is 0 Å². The first-order chi connectivity index (χ1) is 7.86. The first kappa shape index (κ1) is 9.78. The van der Waals surface area contributed by atoms with Gasteiger partial charge in [0.05, 0.1) is 11.7 Å². The monoisotopic (exact) mass is 216 g/mol. The van der Waals surface area contributed by atoms with Crippen LogP contribution in [0.2, 0.25) is 0 Å². The van der Waals surface area contributed by atoms with Gasteiger partial charge < -0.3 is 5.32 Å². The van der Waals surface area contributed by atoms with Crippen molar-refractivity contribution >= 4 is 10.9 Å². The van der Waals surface area contributed by atoms with E-state index in [1.807, 2.05) is 30.3 Å². The Kier molecular flexibility index (Phi) is 2.36. The fraction of sp³-hybridized carbons (Fsp3) is 0.500. The van der Waals surface area contributed by atoms with Crippen molar-refractivity contribution in [3.8, 4) is 0 Å². The highest BCUT2D eigenvalue weighted by Gasteiger charge is 2.19. The molecule has 0 radical (unpaired) electrons. The van der Waals surface area contributed by atoms with Crippen LogP contribution in [0, 0.1) is 0 Å². The molecule has 3 rings (SSSR count). The molecule has 0 bridgehead atoms. The predicted octanol–water partition coefficient (Wildman–Crippen LogP) is 1.44. The van der Waals surface area contributed by atoms with Crippen LogP contribution in [-0.2, 0) is 7.05 Å². The molecule has 3 heterocycles. The number of piperidine rings is 1. The second-order valence-corrected chi connectivity index (χ2v) is 4.48. The van der Waals surface area contributed by atoms with Gasteiger partial charge in [-0.05, 0) is 19.4 Å². The normalized spacial score (nSPS) is 21.4. The molecule has 1 atom stereocenters. The van der Waals surface area contributed by atoms with Crippen LogP contribution in [0.4, 0.5) is 0 Å². The highest BCUT2D eigenvalue weighted by molar-refractivity contribution is 5.81. The van der Waals surface area contributed by atoms with Crippen molar-refractivity contribution in [3.63, 3.8) is 0 Å². The van der Waals surface area contributed by atoms with Crippen LogP contribution in [0.15, 0.2) is 18.6 Å². The number of aromatic nitrogens is 3. The summed E-state index contributed by atoms with van der Waals surface area (Å²) in [5.74, 6) is 0.584. The highest BCUT2D eigenvalue weighted by Crippen LogP contribution is 2.28. The Labute approximate surface area is 94.7 Å². The number of hydrogen-bond acceptors (Lipinski definition) is 3. The van der Waals surface area contributed by atoms with Crippen molar-refractivity contribution in [2.75, 3.05) is 13.1 Å². The van der Waals surface area contributed by atoms with Crippen molar-refractivity contribution in [2.24, 2.45) is 7.05 Å². The summed E-state index contributed by atoms with van der Waals surface area (Å²) in [6.07, 6.45) is 8.28. The zero-order valence-electron chi connectivity index (χ0n) is 9.48. The number of aryl methyl sites for hydroxylation is 1. The van der Waals surface area contributed by atoms with Crippen LogP contribution >= 0.6 is 0 Å². The molecule has 1 aliphatic heterocycles. The first-order valence-corrected chi connectivity index (χ1v) is 5.82. The molecule has 2 aromatic rings. The van der Waals surface area contributed by atoms with Gasteiger partial charge in [-0.15, -0.1) is 0 Å². The fourth-order valence-corrected chi connectivity index (χ4v) is 2.58. The maximum atomic E-state index is 4.32. The van der Waals surface area contributed by atoms with Gasteiger partial charge in [0.15, 0.2) is 0 Å². The summed E-state index contributed by atoms with van der Waals surface area (Å²) in [6.45, 7) is 2.21. The van der Waals surface area contributed by atoms with E-state index in [0.717, 1.165) is 18.5 Å². The molecule has 84 valence electrons. The van der Waals surface area contributed by atoms with Gasteiger partial charge in [-0.25, -0.2) is 0 Å². The predicted molar refractivity (Wildman–Crippen MR) is 63.4 cm³/mol. The zero-order chi connectivity index (χ0) is 11.0. The molecule has 0 aromatic carbocycles. The molecule has 0 spiro atoms. The molecule has 4 nitrogen and oxygen atoms in total. The van der Waals surface area contributed by atoms with E-state index in [-0.39, 0.29) is 0 Å². The van der Waals surface area contributed by atoms with Crippen LogP contribution in [0.1, 0.15) is 24.3 Å². The number of pyridine rings is 1. The van der Waals surface area contributed by atoms with Gasteiger partial charge in [0, 0.05) is 42.9 Å². The largest absolute Gasteiger partial charge is 0.316 e. The molecule has 0 aliphatic carbocycles. The lowest BCUT2D eigenvalue weighted by molar-refractivity contribution is 0.462. The van der Waals surface area contributed by atoms with Gasteiger partial charge in [-0.1, -0.05) is 0 Å². The quantitative estimate of drug-likeness (QED) is 0.784. The standard InChI is InChI=1S/C12H16N4/c1-16-12-10(7-15-16)6-14-8-11(12)9-3-2-4-13-5-9/h6-9,13H,2-5H2,1H3. The number of hydrogen-bond donors (Lipinski definition) is 1. The van der Waals surface area contributed by atoms with Gasteiger partial charge >= 0.3 is 0 Å². The molecule has 1 unspecified atom stereocenters. The Morgan fingerprint density at radius 3 is 3.12 bits per heavy atom. The number of nitrogens with zero attached hydrogens (tertiary/aromatic N) is 3. The van der Waals surface area contributed by atoms with Gasteiger partial charge in [0.1, 0.15) is 0 Å². The third-order valence-corrected chi connectivity index (χ3v) is 3.40. The topological polar surface area (TPSA) is 42.7 Å². The third-order valence-electron chi connectivity index (χ3n) is 3.40. The van der Waals surface area contributed by atoms with Crippen LogP contribution in [0.5, 0.6) is 0 Å². The van der Waals surface area contributed by atoms with Crippen LogP contribution in [0.3, 0.4) is 0 Å². The average Bonchev–Trinajstić information content (AvgIpc) is 2.73. The van der Waals surface area contributed by atoms with Gasteiger partial charge in [-0.3, -0.25) is 9.67 Å². The summed E-state index contributed by atoms with van der Waals surface area (Å²) < 4.78 is 1.96. The lowest BCUT2D eigenvalue weighted by Gasteiger charge is -2.23. The Hall–Kier alpha value is -1.42. The van der Waals surface area contributed by atoms with E-state index in [9.17, 15) is 0 Å². The summed E-state index contributed by atoms with van der Waals surface area (Å²) in [4.78, 5) is 4.32. The van der Waals surface area contributed by atoms with Crippen LogP contribution in [-0.4, -0.2) is 27.9 Å².